The molecule has 1 aromatic rings. The fourth-order valence-electron chi connectivity index (χ4n) is 6.36. The number of benzene rings is 1. The number of nitrogens with one attached hydrogen (secondary N) is 3. The predicted octanol–water partition coefficient (Wildman–Crippen LogP) is 1.94. The Morgan fingerprint density at radius 3 is 2.50 bits per heavy atom. The van der Waals surface area contributed by atoms with Crippen LogP contribution >= 0.6 is 0 Å². The highest BCUT2D eigenvalue weighted by atomic mass is 32.2. The number of sulfonamides is 1. The standard InChI is InChI=1S/C28H33F2N5O6S/c1-32-26(38)28(11-16-4-5-16,34-42(39,40)19-6-7-19)20(8-15-2-3-15)24(36)35-14-27(12-18(35)13-31)25(37)33-23-21(30)9-17(29)10-22(23)41-27/h9-10,15-16,18-20,34H,2-8,11-12,14H2,1H3,(H,32,38)(H,33,37)/t18-,20+,27+,28?/m0/s1. The summed E-state index contributed by atoms with van der Waals surface area (Å²) >= 11 is 0. The highest BCUT2D eigenvalue weighted by Gasteiger charge is 2.61. The van der Waals surface area contributed by atoms with Crippen LogP contribution in [-0.2, 0) is 24.4 Å². The molecule has 1 unspecified atom stereocenters. The molecule has 3 N–H and O–H groups in total. The Bertz CT molecular complexity index is 1490. The van der Waals surface area contributed by atoms with Crippen LogP contribution in [0.25, 0.3) is 0 Å². The summed E-state index contributed by atoms with van der Waals surface area (Å²) in [5.74, 6) is -5.29. The zero-order valence-electron chi connectivity index (χ0n) is 23.1. The van der Waals surface area contributed by atoms with Gasteiger partial charge in [0, 0.05) is 25.6 Å². The van der Waals surface area contributed by atoms with E-state index >= 15 is 0 Å². The molecular formula is C28H33F2N5O6S. The lowest BCUT2D eigenvalue weighted by atomic mass is 9.75. The van der Waals surface area contributed by atoms with Crippen LogP contribution in [0.1, 0.15) is 57.8 Å². The van der Waals surface area contributed by atoms with Crippen molar-refractivity contribution in [2.75, 3.05) is 18.9 Å². The number of ether oxygens (including phenoxy) is 1. The molecule has 4 fully saturated rings. The molecule has 6 rings (SSSR count). The number of halogens is 2. The van der Waals surface area contributed by atoms with E-state index in [9.17, 15) is 36.8 Å². The van der Waals surface area contributed by atoms with Crippen LogP contribution in [-0.4, -0.2) is 67.1 Å². The second-order valence-electron chi connectivity index (χ2n) is 12.4. The van der Waals surface area contributed by atoms with Crippen molar-refractivity contribution in [1.29, 1.82) is 5.26 Å². The summed E-state index contributed by atoms with van der Waals surface area (Å²) in [7, 11) is -2.54. The van der Waals surface area contributed by atoms with Crippen LogP contribution < -0.4 is 20.1 Å². The van der Waals surface area contributed by atoms with Gasteiger partial charge in [0.1, 0.15) is 23.1 Å². The highest BCUT2D eigenvalue weighted by molar-refractivity contribution is 7.90. The Hall–Kier alpha value is -3.31. The maximum Gasteiger partial charge on any atom is 0.270 e. The fraction of sp³-hybridized carbons (Fsp3) is 0.643. The summed E-state index contributed by atoms with van der Waals surface area (Å²) < 4.78 is 63.6. The van der Waals surface area contributed by atoms with Crippen molar-refractivity contribution < 1.29 is 36.3 Å². The van der Waals surface area contributed by atoms with Crippen LogP contribution in [0.5, 0.6) is 5.75 Å². The number of rotatable bonds is 10. The maximum absolute atomic E-state index is 14.6. The molecular weight excluding hydrogens is 572 g/mol. The van der Waals surface area contributed by atoms with Crippen molar-refractivity contribution in [1.82, 2.24) is 14.9 Å². The number of likely N-dealkylation sites (N-methyl/N-ethyl adjacent to an activating group) is 1. The molecule has 11 nitrogen and oxygen atoms in total. The number of likely N-dealkylation sites (tertiary alicyclic amines) is 1. The molecule has 1 spiro atoms. The first kappa shape index (κ1) is 28.8. The molecule has 0 bridgehead atoms. The fourth-order valence-corrected chi connectivity index (χ4v) is 8.11. The third-order valence-corrected chi connectivity index (χ3v) is 11.1. The second-order valence-corrected chi connectivity index (χ2v) is 14.4. The average Bonchev–Trinajstić information content (AvgIpc) is 3.77. The highest BCUT2D eigenvalue weighted by Crippen LogP contribution is 2.48. The first-order valence-corrected chi connectivity index (χ1v) is 15.9. The van der Waals surface area contributed by atoms with E-state index in [1.54, 1.807) is 0 Å². The molecule has 5 aliphatic rings. The first-order valence-electron chi connectivity index (χ1n) is 14.4. The van der Waals surface area contributed by atoms with E-state index in [-0.39, 0.29) is 42.5 Å². The molecule has 0 radical (unpaired) electrons. The largest absolute Gasteiger partial charge is 0.473 e. The van der Waals surface area contributed by atoms with E-state index in [0.29, 0.717) is 18.9 Å². The van der Waals surface area contributed by atoms with Gasteiger partial charge in [0.2, 0.25) is 27.4 Å². The van der Waals surface area contributed by atoms with Gasteiger partial charge in [-0.25, -0.2) is 17.2 Å². The molecule has 2 aliphatic heterocycles. The lowest BCUT2D eigenvalue weighted by Gasteiger charge is -2.41. The number of amides is 3. The quantitative estimate of drug-likeness (QED) is 0.368. The molecule has 226 valence electrons. The molecule has 1 saturated heterocycles. The molecule has 14 heteroatoms. The van der Waals surface area contributed by atoms with Crippen molar-refractivity contribution in [3.63, 3.8) is 0 Å². The average molecular weight is 606 g/mol. The Balaban J connectivity index is 1.38. The minimum Gasteiger partial charge on any atom is -0.473 e. The number of nitrogens with zero attached hydrogens (tertiary/aromatic N) is 2. The number of fused-ring (bicyclic) bond motifs is 1. The van der Waals surface area contributed by atoms with E-state index in [2.05, 4.69) is 15.4 Å². The minimum atomic E-state index is -3.94. The number of carbonyl (C=O) groups excluding carboxylic acids is 3. The van der Waals surface area contributed by atoms with Crippen molar-refractivity contribution in [2.24, 2.45) is 17.8 Å². The van der Waals surface area contributed by atoms with Gasteiger partial charge in [0.15, 0.2) is 11.6 Å². The number of carbonyl (C=O) groups is 3. The molecule has 4 atom stereocenters. The zero-order valence-corrected chi connectivity index (χ0v) is 23.9. The van der Waals surface area contributed by atoms with Gasteiger partial charge in [-0.05, 0) is 37.5 Å². The topological polar surface area (TPSA) is 158 Å². The van der Waals surface area contributed by atoms with Gasteiger partial charge in [0.05, 0.1) is 23.8 Å². The van der Waals surface area contributed by atoms with Crippen LogP contribution in [0.15, 0.2) is 12.1 Å². The summed E-state index contributed by atoms with van der Waals surface area (Å²) in [5, 5.41) is 14.4. The van der Waals surface area contributed by atoms with Gasteiger partial charge < -0.3 is 20.3 Å². The Labute approximate surface area is 242 Å². The van der Waals surface area contributed by atoms with Crippen LogP contribution in [0.4, 0.5) is 14.5 Å². The molecule has 3 amide bonds. The van der Waals surface area contributed by atoms with E-state index in [1.165, 1.54) is 11.9 Å². The van der Waals surface area contributed by atoms with E-state index in [0.717, 1.165) is 31.7 Å². The summed E-state index contributed by atoms with van der Waals surface area (Å²) in [4.78, 5) is 42.8. The van der Waals surface area contributed by atoms with Gasteiger partial charge in [-0.3, -0.25) is 14.4 Å². The number of hydrogen-bond donors (Lipinski definition) is 3. The summed E-state index contributed by atoms with van der Waals surface area (Å²) in [6, 6.07) is 2.39. The Morgan fingerprint density at radius 1 is 1.21 bits per heavy atom. The van der Waals surface area contributed by atoms with Crippen molar-refractivity contribution in [3.05, 3.63) is 23.8 Å². The summed E-state index contributed by atoms with van der Waals surface area (Å²) in [6.45, 7) is -0.419. The summed E-state index contributed by atoms with van der Waals surface area (Å²) in [6.07, 6.45) is 4.22. The van der Waals surface area contributed by atoms with Crippen molar-refractivity contribution >= 4 is 33.4 Å². The number of nitriles is 1. The van der Waals surface area contributed by atoms with E-state index in [1.807, 2.05) is 6.07 Å². The predicted molar refractivity (Wildman–Crippen MR) is 144 cm³/mol. The van der Waals surface area contributed by atoms with Crippen LogP contribution in [0, 0.1) is 40.7 Å². The van der Waals surface area contributed by atoms with Gasteiger partial charge >= 0.3 is 0 Å². The molecule has 2 heterocycles. The zero-order chi connectivity index (χ0) is 30.0. The third kappa shape index (κ3) is 5.10. The number of anilines is 1. The van der Waals surface area contributed by atoms with E-state index in [4.69, 9.17) is 4.74 Å². The lowest BCUT2D eigenvalue weighted by molar-refractivity contribution is -0.146. The van der Waals surface area contributed by atoms with Gasteiger partial charge in [-0.2, -0.15) is 9.98 Å². The first-order chi connectivity index (χ1) is 19.9. The molecule has 3 saturated carbocycles. The SMILES string of the molecule is CNC(=O)C(CC1CC1)(NS(=O)(=O)C1CC1)[C@H](CC1CC1)C(=O)N1C[C@@]2(C[C@H]1C#N)Oc1cc(F)cc(F)c1NC2=O. The Kier molecular flexibility index (Phi) is 6.96. The van der Waals surface area contributed by atoms with Gasteiger partial charge in [-0.1, -0.05) is 25.7 Å². The molecule has 0 aromatic heterocycles. The smallest absolute Gasteiger partial charge is 0.270 e. The van der Waals surface area contributed by atoms with Gasteiger partial charge in [0.25, 0.3) is 5.91 Å². The van der Waals surface area contributed by atoms with E-state index < -0.39 is 74.3 Å². The maximum atomic E-state index is 14.6. The molecule has 42 heavy (non-hydrogen) atoms. The van der Waals surface area contributed by atoms with Crippen LogP contribution in [0.3, 0.4) is 0 Å². The molecule has 1 aromatic carbocycles. The Morgan fingerprint density at radius 2 is 1.90 bits per heavy atom. The summed E-state index contributed by atoms with van der Waals surface area (Å²) in [5.41, 5.74) is -3.94. The van der Waals surface area contributed by atoms with Crippen LogP contribution in [0.2, 0.25) is 0 Å². The molecule has 3 aliphatic carbocycles. The second kappa shape index (κ2) is 10.2. The van der Waals surface area contributed by atoms with Gasteiger partial charge in [-0.15, -0.1) is 0 Å². The number of hydrogen-bond acceptors (Lipinski definition) is 7. The minimum absolute atomic E-state index is 0.0455. The third-order valence-electron chi connectivity index (χ3n) is 9.12. The monoisotopic (exact) mass is 605 g/mol. The normalized spacial score (nSPS) is 27.3. The lowest BCUT2D eigenvalue weighted by Crippen LogP contribution is -2.66. The van der Waals surface area contributed by atoms with Crippen molar-refractivity contribution in [2.45, 2.75) is 80.2 Å². The van der Waals surface area contributed by atoms with Crippen molar-refractivity contribution in [3.8, 4) is 11.8 Å².